The number of thiocarbonyl (C=S) groups is 1. The molecule has 0 atom stereocenters. The standard InChI is InChI=1S/C9H17N3S3/c1-7(11-12-8(10)13)3-4-9(2)14-5-6-15-9/h3-6H2,1-2H3,(H3,10,12,13)/b11-7+. The van der Waals surface area contributed by atoms with Crippen LogP contribution in [0.4, 0.5) is 0 Å². The number of hydrogen-bond donors (Lipinski definition) is 2. The smallest absolute Gasteiger partial charge is 0.184 e. The van der Waals surface area contributed by atoms with Gasteiger partial charge in [0.1, 0.15) is 0 Å². The monoisotopic (exact) mass is 263 g/mol. The molecule has 0 aromatic carbocycles. The molecule has 0 unspecified atom stereocenters. The van der Waals surface area contributed by atoms with Crippen molar-refractivity contribution in [2.45, 2.75) is 30.8 Å². The van der Waals surface area contributed by atoms with Crippen molar-refractivity contribution in [2.24, 2.45) is 10.8 Å². The molecular formula is C9H17N3S3. The summed E-state index contributed by atoms with van der Waals surface area (Å²) < 4.78 is 0.375. The zero-order chi connectivity index (χ0) is 11.3. The van der Waals surface area contributed by atoms with Gasteiger partial charge in [-0.2, -0.15) is 5.10 Å². The lowest BCUT2D eigenvalue weighted by Crippen LogP contribution is -2.25. The Morgan fingerprint density at radius 1 is 1.53 bits per heavy atom. The van der Waals surface area contributed by atoms with Crippen LogP contribution in [-0.4, -0.2) is 26.4 Å². The third-order valence-electron chi connectivity index (χ3n) is 2.20. The highest BCUT2D eigenvalue weighted by Crippen LogP contribution is 2.46. The van der Waals surface area contributed by atoms with E-state index < -0.39 is 0 Å². The molecule has 3 N–H and O–H groups in total. The Hall–Kier alpha value is 0.0600. The summed E-state index contributed by atoms with van der Waals surface area (Å²) in [4.78, 5) is 0. The van der Waals surface area contributed by atoms with E-state index in [9.17, 15) is 0 Å². The lowest BCUT2D eigenvalue weighted by molar-refractivity contribution is 0.801. The van der Waals surface area contributed by atoms with Crippen LogP contribution in [0.25, 0.3) is 0 Å². The minimum absolute atomic E-state index is 0.227. The van der Waals surface area contributed by atoms with Crippen molar-refractivity contribution >= 4 is 46.6 Å². The molecule has 1 aliphatic heterocycles. The van der Waals surface area contributed by atoms with Crippen molar-refractivity contribution < 1.29 is 0 Å². The summed E-state index contributed by atoms with van der Waals surface area (Å²) >= 11 is 8.77. The molecule has 1 fully saturated rings. The van der Waals surface area contributed by atoms with Crippen LogP contribution in [0.1, 0.15) is 26.7 Å². The molecule has 3 nitrogen and oxygen atoms in total. The molecule has 0 aromatic heterocycles. The van der Waals surface area contributed by atoms with Crippen LogP contribution in [0, 0.1) is 0 Å². The van der Waals surface area contributed by atoms with Gasteiger partial charge >= 0.3 is 0 Å². The SMILES string of the molecule is C/C(CCC1(C)SCCS1)=N\NC(N)=S. The van der Waals surface area contributed by atoms with Gasteiger partial charge in [0.2, 0.25) is 0 Å². The first kappa shape index (κ1) is 13.1. The Morgan fingerprint density at radius 3 is 2.67 bits per heavy atom. The van der Waals surface area contributed by atoms with E-state index in [0.29, 0.717) is 4.08 Å². The number of nitrogens with two attached hydrogens (primary N) is 1. The Kier molecular flexibility index (Phi) is 5.22. The highest BCUT2D eigenvalue weighted by Gasteiger charge is 2.29. The van der Waals surface area contributed by atoms with Crippen molar-refractivity contribution in [1.82, 2.24) is 5.43 Å². The van der Waals surface area contributed by atoms with Crippen LogP contribution in [-0.2, 0) is 0 Å². The quantitative estimate of drug-likeness (QED) is 0.462. The van der Waals surface area contributed by atoms with E-state index >= 15 is 0 Å². The third kappa shape index (κ3) is 5.08. The molecular weight excluding hydrogens is 246 g/mol. The number of rotatable bonds is 4. The van der Waals surface area contributed by atoms with Crippen molar-refractivity contribution in [3.8, 4) is 0 Å². The van der Waals surface area contributed by atoms with Gasteiger partial charge in [0, 0.05) is 17.2 Å². The Morgan fingerprint density at radius 2 is 2.13 bits per heavy atom. The lowest BCUT2D eigenvalue weighted by atomic mass is 10.2. The molecule has 1 rings (SSSR count). The minimum Gasteiger partial charge on any atom is -0.375 e. The summed E-state index contributed by atoms with van der Waals surface area (Å²) in [5, 5.41) is 4.32. The van der Waals surface area contributed by atoms with E-state index in [-0.39, 0.29) is 5.11 Å². The Labute approximate surface area is 105 Å². The zero-order valence-electron chi connectivity index (χ0n) is 9.08. The molecule has 0 spiro atoms. The van der Waals surface area contributed by atoms with Crippen LogP contribution < -0.4 is 11.2 Å². The molecule has 0 aliphatic carbocycles. The van der Waals surface area contributed by atoms with Gasteiger partial charge in [0.15, 0.2) is 5.11 Å². The molecule has 0 amide bonds. The summed E-state index contributed by atoms with van der Waals surface area (Å²) in [7, 11) is 0. The fraction of sp³-hybridized carbons (Fsp3) is 0.778. The summed E-state index contributed by atoms with van der Waals surface area (Å²) in [6.07, 6.45) is 2.14. The van der Waals surface area contributed by atoms with E-state index in [1.54, 1.807) is 0 Å². The number of hydrogen-bond acceptors (Lipinski definition) is 4. The van der Waals surface area contributed by atoms with E-state index in [1.165, 1.54) is 11.5 Å². The first-order valence-corrected chi connectivity index (χ1v) is 7.26. The molecule has 0 radical (unpaired) electrons. The van der Waals surface area contributed by atoms with Gasteiger partial charge < -0.3 is 5.73 Å². The molecule has 1 aliphatic rings. The van der Waals surface area contributed by atoms with Crippen molar-refractivity contribution in [3.05, 3.63) is 0 Å². The van der Waals surface area contributed by atoms with Gasteiger partial charge in [-0.3, -0.25) is 5.43 Å². The van der Waals surface area contributed by atoms with E-state index in [4.69, 9.17) is 5.73 Å². The molecule has 0 saturated carbocycles. The predicted molar refractivity (Wildman–Crippen MR) is 75.6 cm³/mol. The number of hydrazone groups is 1. The van der Waals surface area contributed by atoms with Gasteiger partial charge in [0.25, 0.3) is 0 Å². The number of nitrogens with zero attached hydrogens (tertiary/aromatic N) is 1. The first-order chi connectivity index (χ1) is 7.02. The second-order valence-corrected chi connectivity index (χ2v) is 7.55. The summed E-state index contributed by atoms with van der Waals surface area (Å²) in [6, 6.07) is 0. The molecule has 1 saturated heterocycles. The topological polar surface area (TPSA) is 50.4 Å². The lowest BCUT2D eigenvalue weighted by Gasteiger charge is -2.21. The van der Waals surface area contributed by atoms with Crippen molar-refractivity contribution in [3.63, 3.8) is 0 Å². The van der Waals surface area contributed by atoms with Gasteiger partial charge in [-0.15, -0.1) is 23.5 Å². The third-order valence-corrected chi connectivity index (χ3v) is 5.70. The molecule has 0 bridgehead atoms. The van der Waals surface area contributed by atoms with Gasteiger partial charge in [-0.25, -0.2) is 0 Å². The summed E-state index contributed by atoms with van der Waals surface area (Å²) in [6.45, 7) is 4.31. The molecule has 1 heterocycles. The zero-order valence-corrected chi connectivity index (χ0v) is 11.5. The largest absolute Gasteiger partial charge is 0.375 e. The van der Waals surface area contributed by atoms with E-state index in [2.05, 4.69) is 29.7 Å². The molecule has 6 heteroatoms. The van der Waals surface area contributed by atoms with Crippen LogP contribution in [0.15, 0.2) is 5.10 Å². The Bertz CT molecular complexity index is 259. The highest BCUT2D eigenvalue weighted by atomic mass is 32.2. The maximum absolute atomic E-state index is 5.29. The molecule has 15 heavy (non-hydrogen) atoms. The van der Waals surface area contributed by atoms with Gasteiger partial charge in [-0.1, -0.05) is 0 Å². The second kappa shape index (κ2) is 5.96. The normalized spacial score (nSPS) is 20.3. The maximum Gasteiger partial charge on any atom is 0.184 e. The first-order valence-electron chi connectivity index (χ1n) is 4.88. The summed E-state index contributed by atoms with van der Waals surface area (Å²) in [5.41, 5.74) is 8.96. The van der Waals surface area contributed by atoms with Crippen molar-refractivity contribution in [2.75, 3.05) is 11.5 Å². The fourth-order valence-corrected chi connectivity index (χ4v) is 4.22. The fourth-order valence-electron chi connectivity index (χ4n) is 1.32. The number of thioether (sulfide) groups is 2. The van der Waals surface area contributed by atoms with Crippen LogP contribution in [0.5, 0.6) is 0 Å². The number of nitrogens with one attached hydrogen (secondary N) is 1. The van der Waals surface area contributed by atoms with Crippen LogP contribution in [0.2, 0.25) is 0 Å². The summed E-state index contributed by atoms with van der Waals surface area (Å²) in [5.74, 6) is 2.53. The minimum atomic E-state index is 0.227. The van der Waals surface area contributed by atoms with Gasteiger partial charge in [0.05, 0.1) is 4.08 Å². The predicted octanol–water partition coefficient (Wildman–Crippen LogP) is 2.17. The van der Waals surface area contributed by atoms with Crippen molar-refractivity contribution in [1.29, 1.82) is 0 Å². The second-order valence-electron chi connectivity index (χ2n) is 3.65. The maximum atomic E-state index is 5.29. The average molecular weight is 263 g/mol. The van der Waals surface area contributed by atoms with E-state index in [1.807, 2.05) is 30.4 Å². The van der Waals surface area contributed by atoms with Crippen LogP contribution >= 0.6 is 35.7 Å². The van der Waals surface area contributed by atoms with Crippen LogP contribution in [0.3, 0.4) is 0 Å². The average Bonchev–Trinajstić information content (AvgIpc) is 2.60. The Balaban J connectivity index is 2.29. The highest BCUT2D eigenvalue weighted by molar-refractivity contribution is 8.21. The van der Waals surface area contributed by atoms with Gasteiger partial charge in [-0.05, 0) is 38.9 Å². The van der Waals surface area contributed by atoms with E-state index in [0.717, 1.165) is 18.6 Å². The molecule has 0 aromatic rings. The molecule has 86 valence electrons.